The number of rotatable bonds is 7. The Morgan fingerprint density at radius 1 is 1.08 bits per heavy atom. The van der Waals surface area contributed by atoms with E-state index < -0.39 is 16.9 Å². The van der Waals surface area contributed by atoms with Crippen LogP contribution in [0.2, 0.25) is 0 Å². The topological polar surface area (TPSA) is 128 Å². The number of nitro benzene ring substituents is 1. The summed E-state index contributed by atoms with van der Waals surface area (Å²) < 4.78 is 10.2. The van der Waals surface area contributed by atoms with Gasteiger partial charge in [-0.05, 0) is 40.3 Å². The number of carbonyl (C=O) groups is 3. The SMILES string of the molecule is O=COc1cc2c(c([N+](=O)[O-])c1)N(C(=O)CNC(=O)OCC1c3ccccc3-c3ccccc31)CC2. The number of fused-ring (bicyclic) bond motifs is 4. The van der Waals surface area contributed by atoms with Gasteiger partial charge in [-0.1, -0.05) is 48.5 Å². The third-order valence-corrected chi connectivity index (χ3v) is 6.43. The lowest BCUT2D eigenvalue weighted by Gasteiger charge is -2.18. The molecule has 0 bridgehead atoms. The lowest BCUT2D eigenvalue weighted by molar-refractivity contribution is -0.384. The fourth-order valence-electron chi connectivity index (χ4n) is 4.90. The Morgan fingerprint density at radius 3 is 2.39 bits per heavy atom. The molecule has 0 saturated heterocycles. The Morgan fingerprint density at radius 2 is 1.75 bits per heavy atom. The van der Waals surface area contributed by atoms with E-state index in [-0.39, 0.29) is 49.2 Å². The minimum atomic E-state index is -0.756. The van der Waals surface area contributed by atoms with Crippen molar-refractivity contribution < 1.29 is 28.8 Å². The van der Waals surface area contributed by atoms with Gasteiger partial charge < -0.3 is 19.7 Å². The van der Waals surface area contributed by atoms with Crippen molar-refractivity contribution in [3.8, 4) is 16.9 Å². The van der Waals surface area contributed by atoms with Crippen molar-refractivity contribution in [1.29, 1.82) is 0 Å². The molecule has 1 aliphatic carbocycles. The summed E-state index contributed by atoms with van der Waals surface area (Å²) in [5.74, 6) is -0.606. The molecular formula is C26H21N3O7. The van der Waals surface area contributed by atoms with E-state index in [9.17, 15) is 24.5 Å². The molecular weight excluding hydrogens is 466 g/mol. The van der Waals surface area contributed by atoms with Crippen LogP contribution < -0.4 is 15.0 Å². The van der Waals surface area contributed by atoms with Crippen LogP contribution in [-0.4, -0.2) is 43.1 Å². The number of hydrogen-bond acceptors (Lipinski definition) is 7. The van der Waals surface area contributed by atoms with E-state index in [0.717, 1.165) is 28.3 Å². The third kappa shape index (κ3) is 4.13. The van der Waals surface area contributed by atoms with Crippen molar-refractivity contribution in [2.24, 2.45) is 0 Å². The monoisotopic (exact) mass is 487 g/mol. The maximum atomic E-state index is 12.8. The van der Waals surface area contributed by atoms with Crippen LogP contribution in [0.5, 0.6) is 5.75 Å². The first-order valence-corrected chi connectivity index (χ1v) is 11.3. The molecule has 1 aliphatic heterocycles. The molecule has 0 spiro atoms. The quantitative estimate of drug-likeness (QED) is 0.307. The number of carbonyl (C=O) groups excluding carboxylic acids is 3. The summed E-state index contributed by atoms with van der Waals surface area (Å²) in [7, 11) is 0. The predicted octanol–water partition coefficient (Wildman–Crippen LogP) is 3.56. The van der Waals surface area contributed by atoms with E-state index >= 15 is 0 Å². The van der Waals surface area contributed by atoms with Crippen molar-refractivity contribution >= 4 is 29.8 Å². The molecule has 1 heterocycles. The number of alkyl carbamates (subject to hydrolysis) is 1. The zero-order chi connectivity index (χ0) is 25.2. The van der Waals surface area contributed by atoms with Crippen LogP contribution in [0.1, 0.15) is 22.6 Å². The number of amides is 2. The van der Waals surface area contributed by atoms with Gasteiger partial charge in [0.25, 0.3) is 12.2 Å². The van der Waals surface area contributed by atoms with E-state index in [2.05, 4.69) is 5.32 Å². The summed E-state index contributed by atoms with van der Waals surface area (Å²) in [4.78, 5) is 48.1. The van der Waals surface area contributed by atoms with Crippen LogP contribution in [0.4, 0.5) is 16.2 Å². The molecule has 182 valence electrons. The third-order valence-electron chi connectivity index (χ3n) is 6.43. The zero-order valence-electron chi connectivity index (χ0n) is 19.0. The highest BCUT2D eigenvalue weighted by Crippen LogP contribution is 2.44. The number of ether oxygens (including phenoxy) is 2. The number of nitro groups is 1. The van der Waals surface area contributed by atoms with Crippen LogP contribution in [0, 0.1) is 10.1 Å². The minimum absolute atomic E-state index is 0.0292. The highest BCUT2D eigenvalue weighted by Gasteiger charge is 2.34. The number of nitrogens with one attached hydrogen (secondary N) is 1. The standard InChI is InChI=1S/C26H21N3O7/c30-15-36-17-11-16-9-10-28(25(16)23(12-17)29(33)34)24(31)13-27-26(32)35-14-22-20-7-3-1-5-18(20)19-6-2-4-8-21(19)22/h1-8,11-12,15,22H,9-10,13-14H2,(H,27,32). The second kappa shape index (κ2) is 9.49. The van der Waals surface area contributed by atoms with Crippen LogP contribution in [-0.2, 0) is 20.7 Å². The second-order valence-corrected chi connectivity index (χ2v) is 8.40. The van der Waals surface area contributed by atoms with Crippen molar-refractivity contribution in [1.82, 2.24) is 5.32 Å². The Labute approximate surface area is 205 Å². The molecule has 1 N–H and O–H groups in total. The molecule has 36 heavy (non-hydrogen) atoms. The number of anilines is 1. The lowest BCUT2D eigenvalue weighted by atomic mass is 9.98. The maximum absolute atomic E-state index is 12.8. The normalized spacial score (nSPS) is 13.4. The van der Waals surface area contributed by atoms with Crippen LogP contribution >= 0.6 is 0 Å². The van der Waals surface area contributed by atoms with Gasteiger partial charge >= 0.3 is 6.09 Å². The number of nitrogens with zero attached hydrogens (tertiary/aromatic N) is 2. The van der Waals surface area contributed by atoms with Crippen LogP contribution in [0.3, 0.4) is 0 Å². The molecule has 3 aromatic carbocycles. The molecule has 0 unspecified atom stereocenters. The molecule has 0 atom stereocenters. The van der Waals surface area contributed by atoms with Gasteiger partial charge in [0.05, 0.1) is 11.0 Å². The van der Waals surface area contributed by atoms with Gasteiger partial charge in [0, 0.05) is 12.5 Å². The first-order chi connectivity index (χ1) is 17.5. The van der Waals surface area contributed by atoms with Crippen molar-refractivity contribution in [3.63, 3.8) is 0 Å². The summed E-state index contributed by atoms with van der Waals surface area (Å²) in [5, 5.41) is 14.0. The molecule has 3 aromatic rings. The van der Waals surface area contributed by atoms with E-state index in [1.807, 2.05) is 48.5 Å². The minimum Gasteiger partial charge on any atom is -0.449 e. The zero-order valence-corrected chi connectivity index (χ0v) is 19.0. The highest BCUT2D eigenvalue weighted by molar-refractivity contribution is 6.00. The van der Waals surface area contributed by atoms with Crippen molar-refractivity contribution in [2.75, 3.05) is 24.6 Å². The maximum Gasteiger partial charge on any atom is 0.407 e. The Hall–Kier alpha value is -4.73. The molecule has 0 aromatic heterocycles. The Kier molecular flexibility index (Phi) is 6.07. The fraction of sp³-hybridized carbons (Fsp3) is 0.192. The summed E-state index contributed by atoms with van der Waals surface area (Å²) in [6.45, 7) is 0.0962. The summed E-state index contributed by atoms with van der Waals surface area (Å²) in [5.41, 5.74) is 4.65. The molecule has 2 amide bonds. The molecule has 0 radical (unpaired) electrons. The number of hydrogen-bond donors (Lipinski definition) is 1. The molecule has 10 heteroatoms. The number of benzene rings is 3. The van der Waals surface area contributed by atoms with E-state index in [1.165, 1.54) is 11.0 Å². The average Bonchev–Trinajstić information content (AvgIpc) is 3.45. The summed E-state index contributed by atoms with van der Waals surface area (Å²) >= 11 is 0. The molecule has 0 fully saturated rings. The van der Waals surface area contributed by atoms with Gasteiger partial charge in [0.1, 0.15) is 24.6 Å². The molecule has 10 nitrogen and oxygen atoms in total. The predicted molar refractivity (Wildman–Crippen MR) is 129 cm³/mol. The van der Waals surface area contributed by atoms with Gasteiger partial charge in [-0.3, -0.25) is 19.7 Å². The van der Waals surface area contributed by atoms with Gasteiger partial charge in [0.2, 0.25) is 5.91 Å². The van der Waals surface area contributed by atoms with Crippen molar-refractivity contribution in [2.45, 2.75) is 12.3 Å². The second-order valence-electron chi connectivity index (χ2n) is 8.40. The molecule has 0 saturated carbocycles. The van der Waals surface area contributed by atoms with Crippen LogP contribution in [0.15, 0.2) is 60.7 Å². The molecule has 5 rings (SSSR count). The largest absolute Gasteiger partial charge is 0.449 e. The highest BCUT2D eigenvalue weighted by atomic mass is 16.6. The van der Waals surface area contributed by atoms with Gasteiger partial charge in [-0.15, -0.1) is 0 Å². The van der Waals surface area contributed by atoms with E-state index in [0.29, 0.717) is 12.0 Å². The first-order valence-electron chi connectivity index (χ1n) is 11.3. The Balaban J connectivity index is 1.23. The average molecular weight is 487 g/mol. The van der Waals surface area contributed by atoms with Crippen LogP contribution in [0.25, 0.3) is 11.1 Å². The van der Waals surface area contributed by atoms with Gasteiger partial charge in [0.15, 0.2) is 0 Å². The summed E-state index contributed by atoms with van der Waals surface area (Å²) in [6.07, 6.45) is -0.406. The first kappa shape index (κ1) is 23.0. The van der Waals surface area contributed by atoms with E-state index in [1.54, 1.807) is 0 Å². The smallest absolute Gasteiger partial charge is 0.407 e. The molecule has 2 aliphatic rings. The van der Waals surface area contributed by atoms with E-state index in [4.69, 9.17) is 9.47 Å². The lowest BCUT2D eigenvalue weighted by Crippen LogP contribution is -2.40. The Bertz CT molecular complexity index is 1340. The van der Waals surface area contributed by atoms with Gasteiger partial charge in [-0.2, -0.15) is 0 Å². The fourth-order valence-corrected chi connectivity index (χ4v) is 4.90. The van der Waals surface area contributed by atoms with Gasteiger partial charge in [-0.25, -0.2) is 4.79 Å². The van der Waals surface area contributed by atoms with Crippen molar-refractivity contribution in [3.05, 3.63) is 87.5 Å². The summed E-state index contributed by atoms with van der Waals surface area (Å²) in [6, 6.07) is 18.5.